The van der Waals surface area contributed by atoms with Crippen LogP contribution in [-0.2, 0) is 6.42 Å². The van der Waals surface area contributed by atoms with E-state index in [4.69, 9.17) is 23.1 Å². The molecule has 138 valence electrons. The Kier molecular flexibility index (Phi) is 8.67. The van der Waals surface area contributed by atoms with Crippen LogP contribution in [-0.4, -0.2) is 65.2 Å². The van der Waals surface area contributed by atoms with E-state index in [1.165, 1.54) is 17.4 Å². The minimum absolute atomic E-state index is 0.274. The number of nitrogens with two attached hydrogens (primary N) is 1. The molecule has 1 saturated heterocycles. The summed E-state index contributed by atoms with van der Waals surface area (Å²) >= 11 is 6.83. The van der Waals surface area contributed by atoms with Gasteiger partial charge < -0.3 is 15.7 Å². The summed E-state index contributed by atoms with van der Waals surface area (Å²) < 4.78 is 0. The zero-order valence-corrected chi connectivity index (χ0v) is 16.5. The highest BCUT2D eigenvalue weighted by atomic mass is 32.2. The zero-order valence-electron chi connectivity index (χ0n) is 14.9. The number of aliphatic hydroxyl groups is 1. The number of thioether (sulfide) groups is 1. The molecule has 0 radical (unpaired) electrons. The number of anilines is 1. The van der Waals surface area contributed by atoms with Gasteiger partial charge in [0.05, 0.1) is 0 Å². The third-order valence-electron chi connectivity index (χ3n) is 4.19. The van der Waals surface area contributed by atoms with Gasteiger partial charge >= 0.3 is 0 Å². The van der Waals surface area contributed by atoms with Crippen molar-refractivity contribution >= 4 is 39.8 Å². The molecule has 0 aliphatic carbocycles. The molecule has 0 spiro atoms. The highest BCUT2D eigenvalue weighted by molar-refractivity contribution is 8.13. The number of aliphatic hydroxyl groups excluding tert-OH is 1. The summed E-state index contributed by atoms with van der Waals surface area (Å²) in [6, 6.07) is 8.57. The first-order chi connectivity index (χ1) is 12.1. The van der Waals surface area contributed by atoms with Gasteiger partial charge in [0.1, 0.15) is 4.99 Å². The van der Waals surface area contributed by atoms with E-state index in [9.17, 15) is 0 Å². The second-order valence-electron chi connectivity index (χ2n) is 6.03. The molecule has 0 amide bonds. The van der Waals surface area contributed by atoms with E-state index in [1.54, 1.807) is 0 Å². The summed E-state index contributed by atoms with van der Waals surface area (Å²) in [5.74, 6) is 0.903. The number of aliphatic imine (C=N–C) groups is 1. The monoisotopic (exact) mass is 380 g/mol. The molecule has 5 nitrogen and oxygen atoms in total. The summed E-state index contributed by atoms with van der Waals surface area (Å²) in [6.07, 6.45) is 1.51. The van der Waals surface area contributed by atoms with E-state index in [2.05, 4.69) is 39.1 Å². The number of thiocarbonyl (C=S) groups is 1. The average molecular weight is 381 g/mol. The van der Waals surface area contributed by atoms with Gasteiger partial charge in [-0.05, 0) is 29.9 Å². The number of nitrogens with zero attached hydrogens (tertiary/aromatic N) is 3. The third-order valence-corrected chi connectivity index (χ3v) is 5.10. The van der Waals surface area contributed by atoms with E-state index in [1.807, 2.05) is 6.92 Å². The second kappa shape index (κ2) is 10.8. The van der Waals surface area contributed by atoms with Crippen molar-refractivity contribution in [3.8, 4) is 0 Å². The van der Waals surface area contributed by atoms with Crippen molar-refractivity contribution in [3.05, 3.63) is 29.8 Å². The molecule has 3 N–H and O–H groups in total. The minimum Gasteiger partial charge on any atom is -0.396 e. The molecule has 1 aromatic rings. The topological polar surface area (TPSA) is 65.1 Å². The molecule has 7 heteroatoms. The highest BCUT2D eigenvalue weighted by Gasteiger charge is 2.16. The van der Waals surface area contributed by atoms with E-state index < -0.39 is 0 Å². The van der Waals surface area contributed by atoms with Gasteiger partial charge in [-0.3, -0.25) is 4.90 Å². The first-order valence-corrected chi connectivity index (χ1v) is 10.2. The predicted molar refractivity (Wildman–Crippen MR) is 113 cm³/mol. The lowest BCUT2D eigenvalue weighted by atomic mass is 10.1. The maximum absolute atomic E-state index is 8.93. The van der Waals surface area contributed by atoms with Gasteiger partial charge in [0.15, 0.2) is 5.17 Å². The molecule has 0 saturated carbocycles. The van der Waals surface area contributed by atoms with Crippen LogP contribution in [0.4, 0.5) is 5.69 Å². The molecule has 1 aliphatic heterocycles. The van der Waals surface area contributed by atoms with E-state index in [0.29, 0.717) is 16.6 Å². The van der Waals surface area contributed by atoms with Crippen molar-refractivity contribution in [2.75, 3.05) is 50.0 Å². The normalized spacial score (nSPS) is 16.2. The van der Waals surface area contributed by atoms with Crippen molar-refractivity contribution in [1.29, 1.82) is 0 Å². The Morgan fingerprint density at radius 1 is 1.24 bits per heavy atom. The summed E-state index contributed by atoms with van der Waals surface area (Å²) in [7, 11) is 0. The molecular formula is C18H28N4OS2. The lowest BCUT2D eigenvalue weighted by Gasteiger charge is -2.36. The van der Waals surface area contributed by atoms with Crippen LogP contribution < -0.4 is 10.6 Å². The Labute approximate surface area is 160 Å². The van der Waals surface area contributed by atoms with Crippen LogP contribution in [0, 0.1) is 0 Å². The van der Waals surface area contributed by atoms with Gasteiger partial charge in [-0.25, -0.2) is 4.99 Å². The van der Waals surface area contributed by atoms with Gasteiger partial charge in [0.25, 0.3) is 0 Å². The maximum atomic E-state index is 8.93. The van der Waals surface area contributed by atoms with Crippen molar-refractivity contribution in [3.63, 3.8) is 0 Å². The fraction of sp³-hybridized carbons (Fsp3) is 0.556. The van der Waals surface area contributed by atoms with Crippen LogP contribution in [0.1, 0.15) is 18.9 Å². The van der Waals surface area contributed by atoms with Crippen LogP contribution in [0.5, 0.6) is 0 Å². The Morgan fingerprint density at radius 3 is 2.52 bits per heavy atom. The molecule has 1 heterocycles. The quantitative estimate of drug-likeness (QED) is 0.429. The molecule has 1 aromatic carbocycles. The first kappa shape index (κ1) is 20.2. The fourth-order valence-corrected chi connectivity index (χ4v) is 3.66. The van der Waals surface area contributed by atoms with Gasteiger partial charge in [-0.1, -0.05) is 43.0 Å². The molecule has 1 fully saturated rings. The first-order valence-electron chi connectivity index (χ1n) is 8.79. The molecular weight excluding hydrogens is 352 g/mol. The lowest BCUT2D eigenvalue weighted by Crippen LogP contribution is -2.46. The molecule has 0 atom stereocenters. The summed E-state index contributed by atoms with van der Waals surface area (Å²) in [5.41, 5.74) is 8.21. The number of rotatable bonds is 7. The smallest absolute Gasteiger partial charge is 0.159 e. The van der Waals surface area contributed by atoms with Crippen molar-refractivity contribution < 1.29 is 5.11 Å². The number of hydrogen-bond donors (Lipinski definition) is 2. The van der Waals surface area contributed by atoms with Crippen molar-refractivity contribution in [2.45, 2.75) is 19.8 Å². The zero-order chi connectivity index (χ0) is 18.1. The van der Waals surface area contributed by atoms with Crippen LogP contribution in [0.3, 0.4) is 0 Å². The molecule has 0 unspecified atom stereocenters. The Morgan fingerprint density at radius 2 is 1.92 bits per heavy atom. The largest absolute Gasteiger partial charge is 0.396 e. The van der Waals surface area contributed by atoms with E-state index in [0.717, 1.165) is 50.5 Å². The maximum Gasteiger partial charge on any atom is 0.159 e. The molecule has 2 rings (SSSR count). The Hall–Kier alpha value is -1.15. The fourth-order valence-electron chi connectivity index (χ4n) is 2.87. The van der Waals surface area contributed by atoms with Crippen molar-refractivity contribution in [1.82, 2.24) is 4.90 Å². The second-order valence-corrected chi connectivity index (χ2v) is 7.78. The summed E-state index contributed by atoms with van der Waals surface area (Å²) in [5, 5.41) is 9.47. The minimum atomic E-state index is 0.274. The van der Waals surface area contributed by atoms with Gasteiger partial charge in [0, 0.05) is 51.4 Å². The van der Waals surface area contributed by atoms with E-state index in [-0.39, 0.29) is 6.61 Å². The highest BCUT2D eigenvalue weighted by Crippen LogP contribution is 2.18. The van der Waals surface area contributed by atoms with Crippen LogP contribution >= 0.6 is 24.0 Å². The van der Waals surface area contributed by atoms with Crippen LogP contribution in [0.25, 0.3) is 0 Å². The SMILES string of the molecule is CCSC(N)=NC(=S)Cc1ccc(N2CCN(CCCO)CC2)cc1. The number of benzene rings is 1. The Balaban J connectivity index is 1.84. The van der Waals surface area contributed by atoms with E-state index >= 15 is 0 Å². The molecule has 0 bridgehead atoms. The average Bonchev–Trinajstić information content (AvgIpc) is 2.61. The molecule has 1 aliphatic rings. The van der Waals surface area contributed by atoms with Crippen molar-refractivity contribution in [2.24, 2.45) is 10.7 Å². The van der Waals surface area contributed by atoms with Crippen LogP contribution in [0.2, 0.25) is 0 Å². The number of amidine groups is 1. The van der Waals surface area contributed by atoms with Gasteiger partial charge in [-0.15, -0.1) is 0 Å². The van der Waals surface area contributed by atoms with Gasteiger partial charge in [-0.2, -0.15) is 0 Å². The summed E-state index contributed by atoms with van der Waals surface area (Å²) in [4.78, 5) is 9.71. The van der Waals surface area contributed by atoms with Gasteiger partial charge in [0.2, 0.25) is 0 Å². The predicted octanol–water partition coefficient (Wildman–Crippen LogP) is 2.13. The Bertz CT molecular complexity index is 569. The standard InChI is InChI=1S/C18H28N4OS2/c1-2-25-18(19)20-17(24)14-15-4-6-16(7-5-15)22-11-9-21(10-12-22)8-3-13-23/h4-7,23H,2-3,8-14H2,1H3,(H2,19,20,24). The summed E-state index contributed by atoms with van der Waals surface area (Å²) in [6.45, 7) is 7.46. The molecule has 0 aromatic heterocycles. The number of piperazine rings is 1. The van der Waals surface area contributed by atoms with Crippen LogP contribution in [0.15, 0.2) is 29.3 Å². The third kappa shape index (κ3) is 6.93. The number of hydrogen-bond acceptors (Lipinski definition) is 5. The molecule has 25 heavy (non-hydrogen) atoms. The lowest BCUT2D eigenvalue weighted by molar-refractivity contribution is 0.216.